The van der Waals surface area contributed by atoms with Crippen molar-refractivity contribution in [3.63, 3.8) is 0 Å². The Hall–Kier alpha value is -1.94. The van der Waals surface area contributed by atoms with Crippen molar-refractivity contribution in [2.75, 3.05) is 5.32 Å². The molecule has 0 aliphatic heterocycles. The molecular formula is C16H12BrFN2. The van der Waals surface area contributed by atoms with Crippen LogP contribution in [0.1, 0.15) is 5.56 Å². The van der Waals surface area contributed by atoms with Crippen LogP contribution < -0.4 is 5.32 Å². The zero-order valence-corrected chi connectivity index (χ0v) is 12.2. The number of halogens is 2. The lowest BCUT2D eigenvalue weighted by Crippen LogP contribution is -2.01. The van der Waals surface area contributed by atoms with Gasteiger partial charge in [-0.05, 0) is 36.4 Å². The maximum atomic E-state index is 13.7. The third-order valence-electron chi connectivity index (χ3n) is 3.10. The number of aromatic nitrogens is 1. The molecule has 20 heavy (non-hydrogen) atoms. The molecule has 4 heteroatoms. The molecule has 0 atom stereocenters. The Morgan fingerprint density at radius 1 is 1.10 bits per heavy atom. The summed E-state index contributed by atoms with van der Waals surface area (Å²) in [5.74, 6) is -0.214. The first kappa shape index (κ1) is 13.1. The smallest absolute Gasteiger partial charge is 0.129 e. The molecule has 0 spiro atoms. The molecule has 0 radical (unpaired) electrons. The predicted molar refractivity (Wildman–Crippen MR) is 83.2 cm³/mol. The van der Waals surface area contributed by atoms with Crippen molar-refractivity contribution < 1.29 is 4.39 Å². The maximum absolute atomic E-state index is 13.7. The van der Waals surface area contributed by atoms with Crippen LogP contribution in [0.5, 0.6) is 0 Å². The second kappa shape index (κ2) is 5.59. The average Bonchev–Trinajstić information content (AvgIpc) is 2.46. The van der Waals surface area contributed by atoms with Crippen molar-refractivity contribution in [1.29, 1.82) is 0 Å². The van der Waals surface area contributed by atoms with E-state index in [1.54, 1.807) is 12.3 Å². The highest BCUT2D eigenvalue weighted by atomic mass is 79.9. The number of nitrogens with zero attached hydrogens (tertiary/aromatic N) is 1. The molecule has 0 fully saturated rings. The summed E-state index contributed by atoms with van der Waals surface area (Å²) in [6.45, 7) is 0.449. The first-order valence-corrected chi connectivity index (χ1v) is 7.04. The topological polar surface area (TPSA) is 24.9 Å². The van der Waals surface area contributed by atoms with Gasteiger partial charge in [0.05, 0.1) is 5.52 Å². The monoisotopic (exact) mass is 330 g/mol. The number of hydrogen-bond acceptors (Lipinski definition) is 2. The highest BCUT2D eigenvalue weighted by molar-refractivity contribution is 9.10. The molecule has 0 aliphatic carbocycles. The predicted octanol–water partition coefficient (Wildman–Crippen LogP) is 4.75. The molecule has 0 unspecified atom stereocenters. The van der Waals surface area contributed by atoms with Gasteiger partial charge in [-0.25, -0.2) is 4.39 Å². The van der Waals surface area contributed by atoms with Gasteiger partial charge in [0, 0.05) is 33.9 Å². The minimum Gasteiger partial charge on any atom is -0.381 e. The first-order chi connectivity index (χ1) is 9.72. The Kier molecular flexibility index (Phi) is 3.65. The van der Waals surface area contributed by atoms with Crippen LogP contribution in [0.4, 0.5) is 10.1 Å². The van der Waals surface area contributed by atoms with Gasteiger partial charge in [-0.2, -0.15) is 0 Å². The van der Waals surface area contributed by atoms with Gasteiger partial charge >= 0.3 is 0 Å². The highest BCUT2D eigenvalue weighted by Crippen LogP contribution is 2.19. The molecule has 3 rings (SSSR count). The zero-order chi connectivity index (χ0) is 13.9. The first-order valence-electron chi connectivity index (χ1n) is 6.25. The molecule has 1 heterocycles. The van der Waals surface area contributed by atoms with E-state index in [1.807, 2.05) is 36.4 Å². The SMILES string of the molecule is Fc1cc(Br)ccc1CNc1ccc2ncccc2c1. The fourth-order valence-electron chi connectivity index (χ4n) is 2.05. The largest absolute Gasteiger partial charge is 0.381 e. The third kappa shape index (κ3) is 2.80. The Balaban J connectivity index is 1.79. The Bertz CT molecular complexity index is 758. The summed E-state index contributed by atoms with van der Waals surface area (Å²) >= 11 is 3.25. The maximum Gasteiger partial charge on any atom is 0.129 e. The average molecular weight is 331 g/mol. The van der Waals surface area contributed by atoms with Crippen molar-refractivity contribution in [2.24, 2.45) is 0 Å². The van der Waals surface area contributed by atoms with Gasteiger partial charge in [0.25, 0.3) is 0 Å². The number of pyridine rings is 1. The van der Waals surface area contributed by atoms with E-state index in [0.29, 0.717) is 12.1 Å². The Labute approximate surface area is 124 Å². The number of fused-ring (bicyclic) bond motifs is 1. The summed E-state index contributed by atoms with van der Waals surface area (Å²) in [6.07, 6.45) is 1.77. The molecule has 2 nitrogen and oxygen atoms in total. The van der Waals surface area contributed by atoms with E-state index in [-0.39, 0.29) is 5.82 Å². The summed E-state index contributed by atoms with van der Waals surface area (Å²) in [5.41, 5.74) is 2.54. The van der Waals surface area contributed by atoms with Crippen LogP contribution in [0.25, 0.3) is 10.9 Å². The normalized spacial score (nSPS) is 10.7. The molecule has 2 aromatic carbocycles. The number of rotatable bonds is 3. The standard InChI is InChI=1S/C16H12BrFN2/c17-13-4-3-12(15(18)9-13)10-20-14-5-6-16-11(8-14)2-1-7-19-16/h1-9,20H,10H2. The van der Waals surface area contributed by atoms with Crippen LogP contribution in [0.15, 0.2) is 59.2 Å². The molecule has 0 aliphatic rings. The second-order valence-electron chi connectivity index (χ2n) is 4.50. The van der Waals surface area contributed by atoms with Gasteiger partial charge in [-0.15, -0.1) is 0 Å². The van der Waals surface area contributed by atoms with Gasteiger partial charge in [-0.1, -0.05) is 28.1 Å². The Morgan fingerprint density at radius 3 is 2.85 bits per heavy atom. The Morgan fingerprint density at radius 2 is 2.00 bits per heavy atom. The van der Waals surface area contributed by atoms with E-state index in [0.717, 1.165) is 21.1 Å². The van der Waals surface area contributed by atoms with Crippen LogP contribution in [0, 0.1) is 5.82 Å². The molecular weight excluding hydrogens is 319 g/mol. The van der Waals surface area contributed by atoms with Crippen molar-refractivity contribution in [2.45, 2.75) is 6.54 Å². The molecule has 0 saturated heterocycles. The van der Waals surface area contributed by atoms with Gasteiger partial charge in [0.15, 0.2) is 0 Å². The lowest BCUT2D eigenvalue weighted by atomic mass is 10.2. The van der Waals surface area contributed by atoms with E-state index >= 15 is 0 Å². The minimum atomic E-state index is -0.214. The van der Waals surface area contributed by atoms with E-state index in [9.17, 15) is 4.39 Å². The van der Waals surface area contributed by atoms with Gasteiger partial charge in [0.1, 0.15) is 5.82 Å². The third-order valence-corrected chi connectivity index (χ3v) is 3.59. The van der Waals surface area contributed by atoms with E-state index in [1.165, 1.54) is 6.07 Å². The van der Waals surface area contributed by atoms with Crippen LogP contribution in [0.3, 0.4) is 0 Å². The quantitative estimate of drug-likeness (QED) is 0.749. The summed E-state index contributed by atoms with van der Waals surface area (Å²) in [5, 5.41) is 4.29. The van der Waals surface area contributed by atoms with E-state index in [4.69, 9.17) is 0 Å². The lowest BCUT2D eigenvalue weighted by molar-refractivity contribution is 0.612. The van der Waals surface area contributed by atoms with Gasteiger partial charge in [0.2, 0.25) is 0 Å². The summed E-state index contributed by atoms with van der Waals surface area (Å²) in [6, 6.07) is 14.9. The van der Waals surface area contributed by atoms with Gasteiger partial charge < -0.3 is 5.32 Å². The van der Waals surface area contributed by atoms with Gasteiger partial charge in [-0.3, -0.25) is 4.98 Å². The van der Waals surface area contributed by atoms with Crippen molar-refractivity contribution >= 4 is 32.5 Å². The number of anilines is 1. The summed E-state index contributed by atoms with van der Waals surface area (Å²) in [4.78, 5) is 4.27. The van der Waals surface area contributed by atoms with Crippen LogP contribution >= 0.6 is 15.9 Å². The van der Waals surface area contributed by atoms with Crippen LogP contribution in [-0.4, -0.2) is 4.98 Å². The van der Waals surface area contributed by atoms with Crippen molar-refractivity contribution in [1.82, 2.24) is 4.98 Å². The molecule has 1 N–H and O–H groups in total. The summed E-state index contributed by atoms with van der Waals surface area (Å²) < 4.78 is 14.5. The van der Waals surface area contributed by atoms with Crippen LogP contribution in [-0.2, 0) is 6.54 Å². The molecule has 100 valence electrons. The fourth-order valence-corrected chi connectivity index (χ4v) is 2.38. The highest BCUT2D eigenvalue weighted by Gasteiger charge is 2.03. The molecule has 0 amide bonds. The molecule has 1 aromatic heterocycles. The molecule has 3 aromatic rings. The second-order valence-corrected chi connectivity index (χ2v) is 5.42. The molecule has 0 bridgehead atoms. The number of nitrogens with one attached hydrogen (secondary N) is 1. The number of hydrogen-bond donors (Lipinski definition) is 1. The lowest BCUT2D eigenvalue weighted by Gasteiger charge is -2.08. The van der Waals surface area contributed by atoms with Crippen molar-refractivity contribution in [3.8, 4) is 0 Å². The minimum absolute atomic E-state index is 0.214. The fraction of sp³-hybridized carbons (Fsp3) is 0.0625. The molecule has 0 saturated carbocycles. The van der Waals surface area contributed by atoms with Crippen LogP contribution in [0.2, 0.25) is 0 Å². The van der Waals surface area contributed by atoms with E-state index in [2.05, 4.69) is 26.2 Å². The summed E-state index contributed by atoms with van der Waals surface area (Å²) in [7, 11) is 0. The zero-order valence-electron chi connectivity index (χ0n) is 10.6. The van der Waals surface area contributed by atoms with Crippen molar-refractivity contribution in [3.05, 3.63) is 70.6 Å². The van der Waals surface area contributed by atoms with E-state index < -0.39 is 0 Å². The number of benzene rings is 2.